The molecule has 0 atom stereocenters. The first kappa shape index (κ1) is 12.6. The van der Waals surface area contributed by atoms with E-state index in [0.29, 0.717) is 11.4 Å². The molecule has 1 aromatic rings. The zero-order valence-corrected chi connectivity index (χ0v) is 9.49. The van der Waals surface area contributed by atoms with Crippen molar-refractivity contribution in [2.45, 2.75) is 13.3 Å². The summed E-state index contributed by atoms with van der Waals surface area (Å²) >= 11 is 0. The lowest BCUT2D eigenvalue weighted by Gasteiger charge is -2.02. The first-order valence-corrected chi connectivity index (χ1v) is 6.15. The van der Waals surface area contributed by atoms with Gasteiger partial charge in [-0.15, -0.1) is 0 Å². The van der Waals surface area contributed by atoms with Crippen LogP contribution < -0.4 is 5.32 Å². The number of hydrogen-bond donors (Lipinski definition) is 2. The van der Waals surface area contributed by atoms with E-state index >= 15 is 0 Å². The Bertz CT molecular complexity index is 467. The number of nitrogens with zero attached hydrogens (tertiary/aromatic N) is 1. The monoisotopic (exact) mass is 244 g/mol. The van der Waals surface area contributed by atoms with Gasteiger partial charge in [0.25, 0.3) is 10.1 Å². The van der Waals surface area contributed by atoms with E-state index < -0.39 is 10.1 Å². The zero-order chi connectivity index (χ0) is 12.2. The van der Waals surface area contributed by atoms with Crippen LogP contribution in [0.25, 0.3) is 0 Å². The van der Waals surface area contributed by atoms with E-state index in [1.165, 1.54) is 13.1 Å². The van der Waals surface area contributed by atoms with Crippen LogP contribution >= 0.6 is 0 Å². The fraction of sp³-hybridized carbons (Fsp3) is 0.333. The maximum Gasteiger partial charge on any atom is 0.265 e. The molecule has 0 fully saturated rings. The molecule has 0 aliphatic rings. The second kappa shape index (κ2) is 5.04. The Hall–Kier alpha value is -1.47. The molecule has 2 N–H and O–H groups in total. The summed E-state index contributed by atoms with van der Waals surface area (Å²) in [5, 5.41) is 2.49. The highest BCUT2D eigenvalue weighted by atomic mass is 32.2. The lowest BCUT2D eigenvalue weighted by atomic mass is 10.2. The maximum atomic E-state index is 10.7. The second-order valence-corrected chi connectivity index (χ2v) is 4.84. The molecular weight excluding hydrogens is 232 g/mol. The predicted octanol–water partition coefficient (Wildman–Crippen LogP) is 0.470. The third kappa shape index (κ3) is 4.85. The molecular formula is C9H12N2O4S. The number of nitrogens with one attached hydrogen (secondary N) is 1. The highest BCUT2D eigenvalue weighted by Gasteiger charge is 2.05. The Morgan fingerprint density at radius 2 is 2.19 bits per heavy atom. The van der Waals surface area contributed by atoms with Crippen molar-refractivity contribution in [3.8, 4) is 0 Å². The van der Waals surface area contributed by atoms with Crippen molar-refractivity contribution in [1.82, 2.24) is 4.98 Å². The average Bonchev–Trinajstić information content (AvgIpc) is 2.14. The van der Waals surface area contributed by atoms with Gasteiger partial charge in [0.2, 0.25) is 5.91 Å². The Balaban J connectivity index is 2.61. The topological polar surface area (TPSA) is 96.4 Å². The Kier molecular flexibility index (Phi) is 3.97. The molecule has 1 aromatic heterocycles. The predicted molar refractivity (Wildman–Crippen MR) is 58.7 cm³/mol. The summed E-state index contributed by atoms with van der Waals surface area (Å²) in [5.74, 6) is -0.157. The first-order chi connectivity index (χ1) is 7.37. The van der Waals surface area contributed by atoms with Crippen molar-refractivity contribution in [3.05, 3.63) is 23.9 Å². The van der Waals surface area contributed by atoms with Crippen LogP contribution in [0.1, 0.15) is 12.5 Å². The van der Waals surface area contributed by atoms with E-state index in [1.54, 1.807) is 12.1 Å². The molecule has 0 aliphatic carbocycles. The van der Waals surface area contributed by atoms with Crippen LogP contribution in [0.4, 0.5) is 5.82 Å². The highest BCUT2D eigenvalue weighted by Crippen LogP contribution is 2.06. The molecule has 0 saturated carbocycles. The highest BCUT2D eigenvalue weighted by molar-refractivity contribution is 7.85. The van der Waals surface area contributed by atoms with Crippen LogP contribution in [0, 0.1) is 0 Å². The molecule has 6 nitrogen and oxygen atoms in total. The first-order valence-electron chi connectivity index (χ1n) is 4.54. The normalized spacial score (nSPS) is 11.1. The lowest BCUT2D eigenvalue weighted by molar-refractivity contribution is -0.114. The van der Waals surface area contributed by atoms with Gasteiger partial charge in [0.15, 0.2) is 0 Å². The van der Waals surface area contributed by atoms with Crippen LogP contribution in [-0.2, 0) is 21.3 Å². The van der Waals surface area contributed by atoms with Gasteiger partial charge in [-0.3, -0.25) is 9.35 Å². The summed E-state index contributed by atoms with van der Waals surface area (Å²) in [6.07, 6.45) is 1.64. The summed E-state index contributed by atoms with van der Waals surface area (Å²) in [6.45, 7) is 1.37. The molecule has 0 radical (unpaired) electrons. The van der Waals surface area contributed by atoms with Gasteiger partial charge in [-0.05, 0) is 18.1 Å². The molecule has 1 rings (SSSR count). The fourth-order valence-electron chi connectivity index (χ4n) is 1.07. The minimum absolute atomic E-state index is 0.187. The number of carbonyl (C=O) groups is 1. The molecule has 0 aromatic carbocycles. The van der Waals surface area contributed by atoms with Gasteiger partial charge in [-0.2, -0.15) is 8.42 Å². The number of aromatic nitrogens is 1. The third-order valence-electron chi connectivity index (χ3n) is 1.78. The van der Waals surface area contributed by atoms with E-state index in [4.69, 9.17) is 4.55 Å². The number of amides is 1. The minimum atomic E-state index is -3.95. The molecule has 7 heteroatoms. The Labute approximate surface area is 93.5 Å². The van der Waals surface area contributed by atoms with Gasteiger partial charge in [0.05, 0.1) is 5.75 Å². The molecule has 0 saturated heterocycles. The fourth-order valence-corrected chi connectivity index (χ4v) is 1.57. The van der Waals surface area contributed by atoms with E-state index in [0.717, 1.165) is 0 Å². The third-order valence-corrected chi connectivity index (χ3v) is 2.50. The average molecular weight is 244 g/mol. The van der Waals surface area contributed by atoms with Gasteiger partial charge < -0.3 is 5.32 Å². The van der Waals surface area contributed by atoms with Crippen molar-refractivity contribution < 1.29 is 17.8 Å². The Morgan fingerprint density at radius 1 is 1.50 bits per heavy atom. The molecule has 0 unspecified atom stereocenters. The Morgan fingerprint density at radius 3 is 2.62 bits per heavy atom. The molecule has 0 bridgehead atoms. The molecule has 16 heavy (non-hydrogen) atoms. The zero-order valence-electron chi connectivity index (χ0n) is 8.67. The van der Waals surface area contributed by atoms with E-state index in [1.807, 2.05) is 0 Å². The summed E-state index contributed by atoms with van der Waals surface area (Å²) in [7, 11) is -3.95. The number of aryl methyl sites for hydroxylation is 1. The molecule has 88 valence electrons. The van der Waals surface area contributed by atoms with Gasteiger partial charge in [-0.1, -0.05) is 6.07 Å². The molecule has 1 heterocycles. The SMILES string of the molecule is CC(=O)Nc1ccc(CCS(=O)(=O)O)cn1. The van der Waals surface area contributed by atoms with E-state index in [2.05, 4.69) is 10.3 Å². The number of carbonyl (C=O) groups excluding carboxylic acids is 1. The number of hydrogen-bond acceptors (Lipinski definition) is 4. The van der Waals surface area contributed by atoms with Crippen LogP contribution in [0.15, 0.2) is 18.3 Å². The van der Waals surface area contributed by atoms with Crippen molar-refractivity contribution in [2.75, 3.05) is 11.1 Å². The summed E-state index contributed by atoms with van der Waals surface area (Å²) in [6, 6.07) is 3.21. The van der Waals surface area contributed by atoms with Gasteiger partial charge >= 0.3 is 0 Å². The van der Waals surface area contributed by atoms with Crippen molar-refractivity contribution in [1.29, 1.82) is 0 Å². The molecule has 0 spiro atoms. The summed E-state index contributed by atoms with van der Waals surface area (Å²) in [5.41, 5.74) is 0.673. The van der Waals surface area contributed by atoms with E-state index in [-0.39, 0.29) is 18.1 Å². The van der Waals surface area contributed by atoms with Gasteiger partial charge in [-0.25, -0.2) is 4.98 Å². The van der Waals surface area contributed by atoms with E-state index in [9.17, 15) is 13.2 Å². The maximum absolute atomic E-state index is 10.7. The summed E-state index contributed by atoms with van der Waals surface area (Å²) < 4.78 is 29.5. The number of rotatable bonds is 4. The minimum Gasteiger partial charge on any atom is -0.311 e. The van der Waals surface area contributed by atoms with Crippen molar-refractivity contribution in [3.63, 3.8) is 0 Å². The quantitative estimate of drug-likeness (QED) is 0.750. The lowest BCUT2D eigenvalue weighted by Crippen LogP contribution is -2.09. The van der Waals surface area contributed by atoms with Crippen LogP contribution in [0.5, 0.6) is 0 Å². The van der Waals surface area contributed by atoms with Crippen molar-refractivity contribution >= 4 is 21.8 Å². The smallest absolute Gasteiger partial charge is 0.265 e. The molecule has 1 amide bonds. The van der Waals surface area contributed by atoms with Crippen molar-refractivity contribution in [2.24, 2.45) is 0 Å². The number of anilines is 1. The molecule has 0 aliphatic heterocycles. The van der Waals surface area contributed by atoms with Crippen LogP contribution in [0.3, 0.4) is 0 Å². The number of pyridine rings is 1. The van der Waals surface area contributed by atoms with Gasteiger partial charge in [0, 0.05) is 13.1 Å². The standard InChI is InChI=1S/C9H12N2O4S/c1-7(12)11-9-3-2-8(6-10-9)4-5-16(13,14)15/h2-3,6H,4-5H2,1H3,(H,10,11,12)(H,13,14,15). The largest absolute Gasteiger partial charge is 0.311 e. The van der Waals surface area contributed by atoms with Crippen LogP contribution in [0.2, 0.25) is 0 Å². The summed E-state index contributed by atoms with van der Waals surface area (Å²) in [4.78, 5) is 14.6. The second-order valence-electron chi connectivity index (χ2n) is 3.27. The van der Waals surface area contributed by atoms with Crippen LogP contribution in [-0.4, -0.2) is 29.6 Å². The van der Waals surface area contributed by atoms with Gasteiger partial charge in [0.1, 0.15) is 5.82 Å².